The third kappa shape index (κ3) is 3.82. The normalized spacial score (nSPS) is 11.8. The molecule has 2 rings (SSSR count). The Morgan fingerprint density at radius 1 is 1.70 bits per heavy atom. The van der Waals surface area contributed by atoms with Gasteiger partial charge in [-0.05, 0) is 6.26 Å². The summed E-state index contributed by atoms with van der Waals surface area (Å²) >= 11 is 10.9. The predicted molar refractivity (Wildman–Crippen MR) is 88.8 cm³/mol. The smallest absolute Gasteiger partial charge is 0.195 e. The zero-order valence-corrected chi connectivity index (χ0v) is 13.9. The van der Waals surface area contributed by atoms with Gasteiger partial charge in [-0.3, -0.25) is 14.7 Å². The molecule has 0 saturated carbocycles. The van der Waals surface area contributed by atoms with E-state index in [1.807, 2.05) is 28.4 Å². The van der Waals surface area contributed by atoms with Crippen molar-refractivity contribution < 1.29 is 0 Å². The number of aliphatic imine (C=N–C) groups is 1. The first-order valence-electron chi connectivity index (χ1n) is 5.67. The molecular formula is C11H12ClN5S3. The number of halogens is 1. The second-order valence-electron chi connectivity index (χ2n) is 3.59. The number of aromatic nitrogens is 2. The summed E-state index contributed by atoms with van der Waals surface area (Å²) in [4.78, 5) is 9.51. The Morgan fingerprint density at radius 2 is 2.55 bits per heavy atom. The Hall–Kier alpha value is -0.880. The van der Waals surface area contributed by atoms with Gasteiger partial charge in [0.1, 0.15) is 0 Å². The Bertz CT molecular complexity index is 642. The SMILES string of the molecule is CSC(=NCCSCc1c(Cl)nc2sccn12)NC#N. The molecule has 2 aromatic rings. The number of thiazole rings is 1. The molecule has 0 saturated heterocycles. The number of thioether (sulfide) groups is 2. The zero-order chi connectivity index (χ0) is 14.4. The highest BCUT2D eigenvalue weighted by Gasteiger charge is 2.10. The van der Waals surface area contributed by atoms with Gasteiger partial charge in [0.05, 0.1) is 12.2 Å². The Kier molecular flexibility index (Phi) is 6.04. The van der Waals surface area contributed by atoms with Crippen molar-refractivity contribution in [2.45, 2.75) is 5.75 Å². The van der Waals surface area contributed by atoms with Crippen LogP contribution in [0.1, 0.15) is 5.69 Å². The minimum atomic E-state index is 0.573. The molecular weight excluding hydrogens is 334 g/mol. The molecule has 0 aliphatic rings. The molecule has 0 unspecified atom stereocenters. The third-order valence-corrected chi connectivity index (χ3v) is 5.02. The number of rotatable bonds is 5. The van der Waals surface area contributed by atoms with Crippen molar-refractivity contribution in [2.75, 3.05) is 18.6 Å². The van der Waals surface area contributed by atoms with Crippen LogP contribution < -0.4 is 5.32 Å². The van der Waals surface area contributed by atoms with E-state index in [1.165, 1.54) is 11.8 Å². The van der Waals surface area contributed by atoms with Crippen LogP contribution in [0.2, 0.25) is 5.15 Å². The van der Waals surface area contributed by atoms with Crippen LogP contribution in [0.4, 0.5) is 0 Å². The summed E-state index contributed by atoms with van der Waals surface area (Å²) in [7, 11) is 0. The maximum atomic E-state index is 8.52. The fraction of sp³-hybridized carbons (Fsp3) is 0.364. The van der Waals surface area contributed by atoms with E-state index in [1.54, 1.807) is 23.1 Å². The van der Waals surface area contributed by atoms with Gasteiger partial charge in [-0.15, -0.1) is 11.3 Å². The highest BCUT2D eigenvalue weighted by Crippen LogP contribution is 2.24. The molecule has 0 aliphatic heterocycles. The fourth-order valence-corrected chi connectivity index (χ4v) is 3.82. The van der Waals surface area contributed by atoms with Gasteiger partial charge < -0.3 is 0 Å². The van der Waals surface area contributed by atoms with E-state index in [4.69, 9.17) is 16.9 Å². The summed E-state index contributed by atoms with van der Waals surface area (Å²) in [6, 6.07) is 0. The summed E-state index contributed by atoms with van der Waals surface area (Å²) in [6.07, 6.45) is 5.74. The van der Waals surface area contributed by atoms with Crippen molar-refractivity contribution >= 4 is 56.6 Å². The number of amidine groups is 1. The van der Waals surface area contributed by atoms with Gasteiger partial charge in [0.15, 0.2) is 21.5 Å². The first-order chi connectivity index (χ1) is 9.76. The van der Waals surface area contributed by atoms with Gasteiger partial charge in [-0.2, -0.15) is 17.0 Å². The largest absolute Gasteiger partial charge is 0.292 e. The second-order valence-corrected chi connectivity index (χ2v) is 6.72. The van der Waals surface area contributed by atoms with Crippen LogP contribution in [-0.4, -0.2) is 33.1 Å². The molecule has 2 aromatic heterocycles. The number of fused-ring (bicyclic) bond motifs is 1. The highest BCUT2D eigenvalue weighted by molar-refractivity contribution is 8.13. The van der Waals surface area contributed by atoms with E-state index in [-0.39, 0.29) is 0 Å². The second kappa shape index (κ2) is 7.78. The van der Waals surface area contributed by atoms with E-state index in [0.717, 1.165) is 22.2 Å². The Morgan fingerprint density at radius 3 is 3.30 bits per heavy atom. The maximum Gasteiger partial charge on any atom is 0.195 e. The number of imidazole rings is 1. The lowest BCUT2D eigenvalue weighted by atomic mass is 10.5. The molecule has 0 aromatic carbocycles. The zero-order valence-electron chi connectivity index (χ0n) is 10.7. The average Bonchev–Trinajstić information content (AvgIpc) is 2.99. The monoisotopic (exact) mass is 345 g/mol. The van der Waals surface area contributed by atoms with Crippen molar-refractivity contribution in [3.05, 3.63) is 22.4 Å². The van der Waals surface area contributed by atoms with E-state index >= 15 is 0 Å². The molecule has 0 bridgehead atoms. The van der Waals surface area contributed by atoms with Crippen molar-refractivity contribution in [2.24, 2.45) is 4.99 Å². The first kappa shape index (κ1) is 15.5. The van der Waals surface area contributed by atoms with E-state index < -0.39 is 0 Å². The van der Waals surface area contributed by atoms with Crippen molar-refractivity contribution in [3.63, 3.8) is 0 Å². The van der Waals surface area contributed by atoms with Crippen LogP contribution in [0.15, 0.2) is 16.6 Å². The summed E-state index contributed by atoms with van der Waals surface area (Å²) in [5.41, 5.74) is 1.03. The quantitative estimate of drug-likeness (QED) is 0.296. The van der Waals surface area contributed by atoms with Crippen LogP contribution in [0, 0.1) is 11.5 Å². The number of nitriles is 1. The van der Waals surface area contributed by atoms with Crippen molar-refractivity contribution in [1.82, 2.24) is 14.7 Å². The number of hydrogen-bond acceptors (Lipinski definition) is 6. The summed E-state index contributed by atoms with van der Waals surface area (Å²) in [6.45, 7) is 0.665. The van der Waals surface area contributed by atoms with Crippen molar-refractivity contribution in [1.29, 1.82) is 5.26 Å². The fourth-order valence-electron chi connectivity index (χ4n) is 1.52. The van der Waals surface area contributed by atoms with Crippen LogP contribution in [0.5, 0.6) is 0 Å². The lowest BCUT2D eigenvalue weighted by Crippen LogP contribution is -2.13. The standard InChI is InChI=1S/C11H12ClN5S3/c1-18-10(15-7-13)14-2-4-19-6-8-9(12)16-11-17(8)3-5-20-11/h3,5H,2,4,6H2,1H3,(H,14,15). The molecule has 0 spiro atoms. The number of nitrogens with zero attached hydrogens (tertiary/aromatic N) is 4. The lowest BCUT2D eigenvalue weighted by molar-refractivity contribution is 1.10. The maximum absolute atomic E-state index is 8.52. The van der Waals surface area contributed by atoms with Crippen LogP contribution >= 0.6 is 46.5 Å². The molecule has 0 radical (unpaired) electrons. The molecule has 0 aliphatic carbocycles. The van der Waals surface area contributed by atoms with Gasteiger partial charge in [0.25, 0.3) is 0 Å². The average molecular weight is 346 g/mol. The summed E-state index contributed by atoms with van der Waals surface area (Å²) in [5, 5.41) is 14.3. The van der Waals surface area contributed by atoms with Crippen LogP contribution in [-0.2, 0) is 5.75 Å². The molecule has 2 heterocycles. The molecule has 20 heavy (non-hydrogen) atoms. The van der Waals surface area contributed by atoms with E-state index in [2.05, 4.69) is 15.3 Å². The van der Waals surface area contributed by atoms with Gasteiger partial charge >= 0.3 is 0 Å². The first-order valence-corrected chi connectivity index (χ1v) is 9.31. The molecule has 0 amide bonds. The van der Waals surface area contributed by atoms with Crippen LogP contribution in [0.25, 0.3) is 4.96 Å². The predicted octanol–water partition coefficient (Wildman–Crippen LogP) is 3.07. The number of nitrogens with one attached hydrogen (secondary N) is 1. The van der Waals surface area contributed by atoms with E-state index in [0.29, 0.717) is 16.9 Å². The minimum absolute atomic E-state index is 0.573. The topological polar surface area (TPSA) is 65.5 Å². The summed E-state index contributed by atoms with van der Waals surface area (Å²) in [5.74, 6) is 1.66. The molecule has 1 N–H and O–H groups in total. The lowest BCUT2D eigenvalue weighted by Gasteiger charge is -2.01. The van der Waals surface area contributed by atoms with Gasteiger partial charge in [-0.1, -0.05) is 23.4 Å². The molecule has 9 heteroatoms. The molecule has 5 nitrogen and oxygen atoms in total. The molecule has 106 valence electrons. The van der Waals surface area contributed by atoms with Gasteiger partial charge in [0.2, 0.25) is 0 Å². The minimum Gasteiger partial charge on any atom is -0.292 e. The Labute approximate surface area is 134 Å². The van der Waals surface area contributed by atoms with Gasteiger partial charge in [-0.25, -0.2) is 4.98 Å². The van der Waals surface area contributed by atoms with Gasteiger partial charge in [0, 0.05) is 23.1 Å². The molecule has 0 fully saturated rings. The van der Waals surface area contributed by atoms with E-state index in [9.17, 15) is 0 Å². The highest BCUT2D eigenvalue weighted by atomic mass is 35.5. The third-order valence-electron chi connectivity index (χ3n) is 2.40. The summed E-state index contributed by atoms with van der Waals surface area (Å²) < 4.78 is 2.02. The Balaban J connectivity index is 1.83. The number of hydrogen-bond donors (Lipinski definition) is 1. The van der Waals surface area contributed by atoms with Crippen LogP contribution in [0.3, 0.4) is 0 Å². The van der Waals surface area contributed by atoms with Crippen molar-refractivity contribution in [3.8, 4) is 6.19 Å². The molecule has 0 atom stereocenters.